The minimum Gasteiger partial charge on any atom is -0.455 e. The number of rotatable bonds is 7. The first-order valence-corrected chi connectivity index (χ1v) is 20.4. The second kappa shape index (κ2) is 13.9. The van der Waals surface area contributed by atoms with Gasteiger partial charge >= 0.3 is 0 Å². The van der Waals surface area contributed by atoms with Crippen LogP contribution in [-0.4, -0.2) is 0 Å². The minimum absolute atomic E-state index is 0.0883. The molecule has 0 spiro atoms. The van der Waals surface area contributed by atoms with Gasteiger partial charge in [0.25, 0.3) is 0 Å². The van der Waals surface area contributed by atoms with Crippen molar-refractivity contribution in [3.63, 3.8) is 0 Å². The first kappa shape index (κ1) is 34.8. The van der Waals surface area contributed by atoms with Crippen LogP contribution in [0.3, 0.4) is 0 Å². The van der Waals surface area contributed by atoms with Gasteiger partial charge in [-0.1, -0.05) is 190 Å². The summed E-state index contributed by atoms with van der Waals surface area (Å²) in [6.45, 7) is 4.70. The molecule has 0 saturated heterocycles. The van der Waals surface area contributed by atoms with Gasteiger partial charge in [-0.15, -0.1) is 0 Å². The van der Waals surface area contributed by atoms with E-state index in [-0.39, 0.29) is 5.41 Å². The molecule has 2 heteroatoms. The quantitative estimate of drug-likeness (QED) is 0.161. The number of hydrogen-bond donors (Lipinski definition) is 0. The molecule has 0 atom stereocenters. The molecule has 0 bridgehead atoms. The normalized spacial score (nSPS) is 12.7. The van der Waals surface area contributed by atoms with Gasteiger partial charge in [-0.2, -0.15) is 0 Å². The molecule has 1 aromatic heterocycles. The zero-order valence-electron chi connectivity index (χ0n) is 33.1. The average Bonchev–Trinajstić information content (AvgIpc) is 3.80. The standard InChI is InChI=1S/C57H41NO/c1-57(2)49-27-12-9-24-47(49)54-45(26-16-28-50(54)57)42-21-15-22-43(37-42)58(51-29-13-10-23-44(51)41-33-31-39(32-34-41)38-17-5-3-6-18-38)52-36-35-46(40-19-7-4-8-20-40)56-55(52)48-25-11-14-30-53(48)59-56/h3-37H,1-2H3. The highest BCUT2D eigenvalue weighted by atomic mass is 16.3. The molecule has 0 amide bonds. The van der Waals surface area contributed by atoms with Crippen LogP contribution in [-0.2, 0) is 5.41 Å². The van der Waals surface area contributed by atoms with Crippen LogP contribution >= 0.6 is 0 Å². The zero-order chi connectivity index (χ0) is 39.5. The van der Waals surface area contributed by atoms with Crippen LogP contribution in [0.15, 0.2) is 217 Å². The molecule has 1 aliphatic carbocycles. The van der Waals surface area contributed by atoms with Crippen molar-refractivity contribution in [3.8, 4) is 55.6 Å². The average molecular weight is 756 g/mol. The molecule has 0 aliphatic heterocycles. The number of fused-ring (bicyclic) bond motifs is 6. The lowest BCUT2D eigenvalue weighted by molar-refractivity contribution is 0.660. The molecular weight excluding hydrogens is 715 g/mol. The molecule has 280 valence electrons. The van der Waals surface area contributed by atoms with Crippen LogP contribution in [0.2, 0.25) is 0 Å². The smallest absolute Gasteiger partial charge is 0.145 e. The lowest BCUT2D eigenvalue weighted by Crippen LogP contribution is -2.14. The van der Waals surface area contributed by atoms with Gasteiger partial charge in [0.15, 0.2) is 0 Å². The third-order valence-electron chi connectivity index (χ3n) is 12.3. The molecule has 59 heavy (non-hydrogen) atoms. The highest BCUT2D eigenvalue weighted by Gasteiger charge is 2.36. The van der Waals surface area contributed by atoms with Crippen molar-refractivity contribution in [2.75, 3.05) is 4.90 Å². The van der Waals surface area contributed by atoms with Crippen molar-refractivity contribution in [2.45, 2.75) is 19.3 Å². The van der Waals surface area contributed by atoms with Gasteiger partial charge in [-0.05, 0) is 92.0 Å². The van der Waals surface area contributed by atoms with Crippen molar-refractivity contribution < 1.29 is 4.42 Å². The second-order valence-corrected chi connectivity index (χ2v) is 16.0. The van der Waals surface area contributed by atoms with Gasteiger partial charge in [0, 0.05) is 27.6 Å². The Hall–Kier alpha value is -7.42. The number of anilines is 3. The fourth-order valence-electron chi connectivity index (χ4n) is 9.44. The van der Waals surface area contributed by atoms with Crippen molar-refractivity contribution in [1.29, 1.82) is 0 Å². The SMILES string of the molecule is CC1(C)c2ccccc2-c2c(-c3cccc(N(c4ccccc4-c4ccc(-c5ccccc5)cc4)c4ccc(-c5ccccc5)c5oc6ccccc6c45)c3)cccc21. The molecule has 0 fully saturated rings. The predicted molar refractivity (Wildman–Crippen MR) is 248 cm³/mol. The van der Waals surface area contributed by atoms with Gasteiger partial charge in [-0.25, -0.2) is 0 Å². The molecule has 1 aliphatic rings. The van der Waals surface area contributed by atoms with Gasteiger partial charge in [0.1, 0.15) is 11.2 Å². The minimum atomic E-state index is -0.0883. The summed E-state index contributed by atoms with van der Waals surface area (Å²) >= 11 is 0. The Balaban J connectivity index is 1.16. The van der Waals surface area contributed by atoms with Crippen molar-refractivity contribution in [2.24, 2.45) is 0 Å². The predicted octanol–water partition coefficient (Wildman–Crippen LogP) is 16.0. The van der Waals surface area contributed by atoms with Crippen LogP contribution in [0.4, 0.5) is 17.1 Å². The number of hydrogen-bond acceptors (Lipinski definition) is 2. The summed E-state index contributed by atoms with van der Waals surface area (Å²) in [7, 11) is 0. The summed E-state index contributed by atoms with van der Waals surface area (Å²) in [4.78, 5) is 2.45. The van der Waals surface area contributed by atoms with E-state index in [1.54, 1.807) is 0 Å². The third-order valence-corrected chi connectivity index (χ3v) is 12.3. The second-order valence-electron chi connectivity index (χ2n) is 16.0. The Kier molecular flexibility index (Phi) is 8.20. The molecule has 9 aromatic carbocycles. The summed E-state index contributed by atoms with van der Waals surface area (Å²) in [6.07, 6.45) is 0. The van der Waals surface area contributed by atoms with Crippen LogP contribution < -0.4 is 4.90 Å². The molecule has 2 nitrogen and oxygen atoms in total. The van der Waals surface area contributed by atoms with E-state index in [0.717, 1.165) is 61.3 Å². The van der Waals surface area contributed by atoms with Crippen molar-refractivity contribution in [1.82, 2.24) is 0 Å². The van der Waals surface area contributed by atoms with Gasteiger partial charge in [-0.3, -0.25) is 0 Å². The van der Waals surface area contributed by atoms with E-state index in [0.29, 0.717) is 0 Å². The van der Waals surface area contributed by atoms with Gasteiger partial charge in [0.05, 0.1) is 16.8 Å². The lowest BCUT2D eigenvalue weighted by atomic mass is 9.82. The van der Waals surface area contributed by atoms with E-state index in [1.807, 2.05) is 0 Å². The maximum absolute atomic E-state index is 6.84. The molecule has 0 radical (unpaired) electrons. The Morgan fingerprint density at radius 2 is 0.966 bits per heavy atom. The fraction of sp³-hybridized carbons (Fsp3) is 0.0526. The van der Waals surface area contributed by atoms with E-state index >= 15 is 0 Å². The van der Waals surface area contributed by atoms with Crippen molar-refractivity contribution in [3.05, 3.63) is 223 Å². The molecule has 0 N–H and O–H groups in total. The third kappa shape index (κ3) is 5.71. The highest BCUT2D eigenvalue weighted by molar-refractivity contribution is 6.17. The zero-order valence-corrected chi connectivity index (χ0v) is 33.1. The summed E-state index contributed by atoms with van der Waals surface area (Å²) in [6, 6.07) is 76.7. The first-order valence-electron chi connectivity index (χ1n) is 20.4. The molecule has 1 heterocycles. The maximum atomic E-state index is 6.84. The molecule has 10 aromatic rings. The number of para-hydroxylation sites is 2. The Morgan fingerprint density at radius 1 is 0.390 bits per heavy atom. The van der Waals surface area contributed by atoms with Gasteiger partial charge < -0.3 is 9.32 Å². The maximum Gasteiger partial charge on any atom is 0.145 e. The topological polar surface area (TPSA) is 16.4 Å². The molecular formula is C57H41NO. The monoisotopic (exact) mass is 755 g/mol. The number of nitrogens with zero attached hydrogens (tertiary/aromatic N) is 1. The van der Waals surface area contributed by atoms with E-state index in [9.17, 15) is 0 Å². The molecule has 0 unspecified atom stereocenters. The van der Waals surface area contributed by atoms with Crippen LogP contribution in [0.25, 0.3) is 77.6 Å². The Labute approximate surface area is 345 Å². The van der Waals surface area contributed by atoms with Crippen LogP contribution in [0.5, 0.6) is 0 Å². The number of benzene rings is 9. The summed E-state index contributed by atoms with van der Waals surface area (Å²) in [5.74, 6) is 0. The Morgan fingerprint density at radius 3 is 1.78 bits per heavy atom. The molecule has 0 saturated carbocycles. The largest absolute Gasteiger partial charge is 0.455 e. The van der Waals surface area contributed by atoms with E-state index in [1.165, 1.54) is 44.5 Å². The lowest BCUT2D eigenvalue weighted by Gasteiger charge is -2.29. The number of furan rings is 1. The highest BCUT2D eigenvalue weighted by Crippen LogP contribution is 2.53. The summed E-state index contributed by atoms with van der Waals surface area (Å²) in [5.41, 5.74) is 19.5. The summed E-state index contributed by atoms with van der Waals surface area (Å²) in [5, 5.41) is 2.17. The first-order chi connectivity index (χ1) is 29.0. The van der Waals surface area contributed by atoms with Crippen LogP contribution in [0, 0.1) is 0 Å². The van der Waals surface area contributed by atoms with Gasteiger partial charge in [0.2, 0.25) is 0 Å². The molecule has 11 rings (SSSR count). The summed E-state index contributed by atoms with van der Waals surface area (Å²) < 4.78 is 6.84. The Bertz CT molecular complexity index is 3170. The van der Waals surface area contributed by atoms with E-state index < -0.39 is 0 Å². The fourth-order valence-corrected chi connectivity index (χ4v) is 9.44. The van der Waals surface area contributed by atoms with E-state index in [2.05, 4.69) is 231 Å². The van der Waals surface area contributed by atoms with E-state index in [4.69, 9.17) is 4.42 Å². The van der Waals surface area contributed by atoms with Crippen molar-refractivity contribution >= 4 is 39.0 Å². The van der Waals surface area contributed by atoms with Crippen LogP contribution in [0.1, 0.15) is 25.0 Å².